The van der Waals surface area contributed by atoms with Crippen LogP contribution in [0.15, 0.2) is 0 Å². The molecule has 0 saturated carbocycles. The number of hydrogen-bond acceptors (Lipinski definition) is 4. The Morgan fingerprint density at radius 2 is 1.21 bits per heavy atom. The van der Waals surface area contributed by atoms with Crippen LogP contribution in [-0.4, -0.2) is 39.3 Å². The molecular formula is C10H26N4. The summed E-state index contributed by atoms with van der Waals surface area (Å²) in [6.07, 6.45) is 4.99. The molecule has 0 amide bonds. The predicted molar refractivity (Wildman–Crippen MR) is 62.3 cm³/mol. The molecule has 0 aliphatic rings. The van der Waals surface area contributed by atoms with Gasteiger partial charge >= 0.3 is 0 Å². The lowest BCUT2D eigenvalue weighted by atomic mass is 10.2. The average Bonchev–Trinajstić information content (AvgIpc) is 2.21. The Hall–Kier alpha value is -0.160. The molecule has 0 unspecified atom stereocenters. The molecule has 0 radical (unpaired) electrons. The fraction of sp³-hybridized carbons (Fsp3) is 1.00. The number of nitrogens with two attached hydrogens (primary N) is 2. The SMILES string of the molecule is NCCCCCCNCCNCCN. The molecule has 0 rings (SSSR count). The maximum absolute atomic E-state index is 5.40. The van der Waals surface area contributed by atoms with Gasteiger partial charge in [-0.05, 0) is 25.9 Å². The van der Waals surface area contributed by atoms with Gasteiger partial charge in [-0.2, -0.15) is 0 Å². The second-order valence-corrected chi connectivity index (χ2v) is 3.49. The Kier molecular flexibility index (Phi) is 12.7. The van der Waals surface area contributed by atoms with Crippen LogP contribution < -0.4 is 22.1 Å². The summed E-state index contributed by atoms with van der Waals surface area (Å²) in [5, 5.41) is 6.63. The molecule has 0 aliphatic heterocycles. The first-order chi connectivity index (χ1) is 6.91. The molecule has 0 saturated heterocycles. The van der Waals surface area contributed by atoms with Crippen LogP contribution in [0.1, 0.15) is 25.7 Å². The molecule has 0 bridgehead atoms. The van der Waals surface area contributed by atoms with Crippen molar-refractivity contribution in [3.63, 3.8) is 0 Å². The molecule has 0 heterocycles. The lowest BCUT2D eigenvalue weighted by Crippen LogP contribution is -2.31. The molecule has 6 N–H and O–H groups in total. The molecule has 0 spiro atoms. The molecule has 0 fully saturated rings. The van der Waals surface area contributed by atoms with Crippen LogP contribution in [0.4, 0.5) is 0 Å². The van der Waals surface area contributed by atoms with Gasteiger partial charge in [0.2, 0.25) is 0 Å². The van der Waals surface area contributed by atoms with Gasteiger partial charge in [-0.15, -0.1) is 0 Å². The third kappa shape index (κ3) is 11.8. The van der Waals surface area contributed by atoms with Crippen LogP contribution >= 0.6 is 0 Å². The maximum Gasteiger partial charge on any atom is 0.00772 e. The van der Waals surface area contributed by atoms with Crippen molar-refractivity contribution in [3.05, 3.63) is 0 Å². The van der Waals surface area contributed by atoms with E-state index in [1.54, 1.807) is 0 Å². The Morgan fingerprint density at radius 1 is 0.571 bits per heavy atom. The summed E-state index contributed by atoms with van der Waals surface area (Å²) in [5.41, 5.74) is 10.7. The van der Waals surface area contributed by atoms with E-state index in [1.165, 1.54) is 19.3 Å². The van der Waals surface area contributed by atoms with Gasteiger partial charge < -0.3 is 22.1 Å². The highest BCUT2D eigenvalue weighted by Gasteiger charge is 1.89. The van der Waals surface area contributed by atoms with E-state index >= 15 is 0 Å². The van der Waals surface area contributed by atoms with Crippen LogP contribution in [0, 0.1) is 0 Å². The van der Waals surface area contributed by atoms with Gasteiger partial charge in [0.15, 0.2) is 0 Å². The summed E-state index contributed by atoms with van der Waals surface area (Å²) in [6.45, 7) is 5.64. The second-order valence-electron chi connectivity index (χ2n) is 3.49. The van der Waals surface area contributed by atoms with Gasteiger partial charge in [0.25, 0.3) is 0 Å². The smallest absolute Gasteiger partial charge is 0.00772 e. The van der Waals surface area contributed by atoms with Crippen molar-refractivity contribution in [1.29, 1.82) is 0 Å². The first-order valence-electron chi connectivity index (χ1n) is 5.73. The fourth-order valence-electron chi connectivity index (χ4n) is 1.28. The van der Waals surface area contributed by atoms with Crippen LogP contribution in [0.2, 0.25) is 0 Å². The van der Waals surface area contributed by atoms with Crippen molar-refractivity contribution in [1.82, 2.24) is 10.6 Å². The number of unbranched alkanes of at least 4 members (excludes halogenated alkanes) is 3. The number of nitrogens with one attached hydrogen (secondary N) is 2. The van der Waals surface area contributed by atoms with Crippen LogP contribution in [-0.2, 0) is 0 Å². The van der Waals surface area contributed by atoms with Crippen LogP contribution in [0.25, 0.3) is 0 Å². The van der Waals surface area contributed by atoms with E-state index < -0.39 is 0 Å². The summed E-state index contributed by atoms with van der Waals surface area (Å²) >= 11 is 0. The van der Waals surface area contributed by atoms with Gasteiger partial charge in [0.1, 0.15) is 0 Å². The third-order valence-electron chi connectivity index (χ3n) is 2.11. The summed E-state index contributed by atoms with van der Waals surface area (Å²) in [5.74, 6) is 0. The van der Waals surface area contributed by atoms with Gasteiger partial charge in [-0.1, -0.05) is 12.8 Å². The van der Waals surface area contributed by atoms with E-state index in [0.717, 1.165) is 45.7 Å². The van der Waals surface area contributed by atoms with Crippen LogP contribution in [0.5, 0.6) is 0 Å². The molecule has 0 atom stereocenters. The standard InChI is InChI=1S/C10H26N4/c11-5-3-1-2-4-7-13-9-10-14-8-6-12/h13-14H,1-12H2. The predicted octanol–water partition coefficient (Wildman–Crippen LogP) is -0.357. The largest absolute Gasteiger partial charge is 0.330 e. The molecule has 0 aromatic carbocycles. The molecule has 86 valence electrons. The van der Waals surface area contributed by atoms with Gasteiger partial charge in [-0.3, -0.25) is 0 Å². The topological polar surface area (TPSA) is 76.1 Å². The van der Waals surface area contributed by atoms with E-state index in [4.69, 9.17) is 11.5 Å². The molecule has 0 aliphatic carbocycles. The lowest BCUT2D eigenvalue weighted by Gasteiger charge is -2.05. The fourth-order valence-corrected chi connectivity index (χ4v) is 1.28. The quantitative estimate of drug-likeness (QED) is 0.345. The van der Waals surface area contributed by atoms with Crippen molar-refractivity contribution in [2.45, 2.75) is 25.7 Å². The normalized spacial score (nSPS) is 10.7. The highest BCUT2D eigenvalue weighted by atomic mass is 14.9. The van der Waals surface area contributed by atoms with Gasteiger partial charge in [-0.25, -0.2) is 0 Å². The first-order valence-corrected chi connectivity index (χ1v) is 5.73. The van der Waals surface area contributed by atoms with Crippen LogP contribution in [0.3, 0.4) is 0 Å². The van der Waals surface area contributed by atoms with Crippen molar-refractivity contribution in [2.75, 3.05) is 39.3 Å². The third-order valence-corrected chi connectivity index (χ3v) is 2.11. The summed E-state index contributed by atoms with van der Waals surface area (Å²) < 4.78 is 0. The Bertz CT molecular complexity index is 86.1. The zero-order valence-electron chi connectivity index (χ0n) is 9.23. The second kappa shape index (κ2) is 12.8. The Labute approximate surface area is 87.8 Å². The highest BCUT2D eigenvalue weighted by molar-refractivity contribution is 4.53. The van der Waals surface area contributed by atoms with E-state index in [1.807, 2.05) is 0 Å². The molecule has 4 nitrogen and oxygen atoms in total. The van der Waals surface area contributed by atoms with Crippen molar-refractivity contribution in [2.24, 2.45) is 11.5 Å². The average molecular weight is 202 g/mol. The molecule has 14 heavy (non-hydrogen) atoms. The lowest BCUT2D eigenvalue weighted by molar-refractivity contribution is 0.570. The van der Waals surface area contributed by atoms with E-state index in [2.05, 4.69) is 10.6 Å². The van der Waals surface area contributed by atoms with E-state index in [0.29, 0.717) is 0 Å². The zero-order valence-corrected chi connectivity index (χ0v) is 9.23. The Balaban J connectivity index is 2.78. The minimum absolute atomic E-state index is 0.721. The maximum atomic E-state index is 5.40. The van der Waals surface area contributed by atoms with Crippen molar-refractivity contribution < 1.29 is 0 Å². The van der Waals surface area contributed by atoms with Crippen molar-refractivity contribution >= 4 is 0 Å². The summed E-state index contributed by atoms with van der Waals surface area (Å²) in [4.78, 5) is 0. The molecule has 0 aromatic heterocycles. The Morgan fingerprint density at radius 3 is 1.86 bits per heavy atom. The van der Waals surface area contributed by atoms with Gasteiger partial charge in [0.05, 0.1) is 0 Å². The van der Waals surface area contributed by atoms with Gasteiger partial charge in [0, 0.05) is 26.2 Å². The minimum atomic E-state index is 0.721. The zero-order chi connectivity index (χ0) is 10.5. The number of rotatable bonds is 11. The highest BCUT2D eigenvalue weighted by Crippen LogP contribution is 1.96. The molecule has 4 heteroatoms. The molecule has 0 aromatic rings. The summed E-state index contributed by atoms with van der Waals surface area (Å²) in [7, 11) is 0. The monoisotopic (exact) mass is 202 g/mol. The molecular weight excluding hydrogens is 176 g/mol. The first kappa shape index (κ1) is 13.8. The van der Waals surface area contributed by atoms with E-state index in [9.17, 15) is 0 Å². The number of hydrogen-bond donors (Lipinski definition) is 4. The minimum Gasteiger partial charge on any atom is -0.330 e. The van der Waals surface area contributed by atoms with Crippen molar-refractivity contribution in [3.8, 4) is 0 Å². The summed E-state index contributed by atoms with van der Waals surface area (Å²) in [6, 6.07) is 0. The van der Waals surface area contributed by atoms with E-state index in [-0.39, 0.29) is 0 Å².